The molecule has 0 radical (unpaired) electrons. The van der Waals surface area contributed by atoms with Crippen LogP contribution in [-0.4, -0.2) is 15.9 Å². The van der Waals surface area contributed by atoms with Gasteiger partial charge in [-0.15, -0.1) is 0 Å². The van der Waals surface area contributed by atoms with Crippen LogP contribution in [0.5, 0.6) is 0 Å². The lowest BCUT2D eigenvalue weighted by Crippen LogP contribution is -2.37. The minimum atomic E-state index is 0.0713. The Morgan fingerprint density at radius 3 is 3.09 bits per heavy atom. The number of H-pyrrole nitrogens is 1. The number of hydrogen-bond acceptors (Lipinski definition) is 2. The number of rotatable bonds is 2. The largest absolute Gasteiger partial charge is 0.349 e. The van der Waals surface area contributed by atoms with Crippen LogP contribution in [0.3, 0.4) is 0 Å². The highest BCUT2D eigenvalue weighted by Crippen LogP contribution is 2.30. The van der Waals surface area contributed by atoms with E-state index in [9.17, 15) is 4.79 Å². The van der Waals surface area contributed by atoms with Crippen molar-refractivity contribution < 1.29 is 4.79 Å². The fourth-order valence-corrected chi connectivity index (χ4v) is 3.82. The quantitative estimate of drug-likeness (QED) is 0.895. The van der Waals surface area contributed by atoms with Crippen molar-refractivity contribution in [1.29, 1.82) is 0 Å². The normalized spacial score (nSPS) is 23.5. The summed E-state index contributed by atoms with van der Waals surface area (Å²) in [5.41, 5.74) is 4.96. The zero-order valence-corrected chi connectivity index (χ0v) is 12.6. The van der Waals surface area contributed by atoms with Crippen LogP contribution in [0, 0.1) is 5.92 Å². The summed E-state index contributed by atoms with van der Waals surface area (Å²) in [5, 5.41) is 3.29. The van der Waals surface area contributed by atoms with Gasteiger partial charge in [-0.25, -0.2) is 4.98 Å². The number of nitrogens with one attached hydrogen (secondary N) is 2. The van der Waals surface area contributed by atoms with Gasteiger partial charge in [0.25, 0.3) is 0 Å². The molecule has 1 aromatic carbocycles. The van der Waals surface area contributed by atoms with Crippen molar-refractivity contribution in [2.45, 2.75) is 44.6 Å². The maximum atomic E-state index is 12.7. The lowest BCUT2D eigenvalue weighted by Gasteiger charge is -2.29. The van der Waals surface area contributed by atoms with E-state index >= 15 is 0 Å². The van der Waals surface area contributed by atoms with Crippen LogP contribution in [0.4, 0.5) is 0 Å². The molecule has 2 atom stereocenters. The summed E-state index contributed by atoms with van der Waals surface area (Å²) in [6.45, 7) is 0. The number of benzene rings is 1. The first-order valence-corrected chi connectivity index (χ1v) is 8.20. The Kier molecular flexibility index (Phi) is 3.45. The number of fused-ring (bicyclic) bond motifs is 2. The molecule has 0 saturated carbocycles. The molecule has 2 aliphatic rings. The molecule has 1 heterocycles. The Morgan fingerprint density at radius 2 is 2.14 bits per heavy atom. The van der Waals surface area contributed by atoms with Gasteiger partial charge >= 0.3 is 0 Å². The van der Waals surface area contributed by atoms with Crippen LogP contribution in [-0.2, 0) is 24.1 Å². The highest BCUT2D eigenvalue weighted by Gasteiger charge is 2.29. The summed E-state index contributed by atoms with van der Waals surface area (Å²) in [7, 11) is 0. The first-order valence-electron chi connectivity index (χ1n) is 8.20. The second-order valence-corrected chi connectivity index (χ2v) is 6.42. The Morgan fingerprint density at radius 1 is 1.23 bits per heavy atom. The molecule has 0 saturated heterocycles. The van der Waals surface area contributed by atoms with Crippen molar-refractivity contribution in [3.63, 3.8) is 0 Å². The fourth-order valence-electron chi connectivity index (χ4n) is 3.82. The zero-order valence-electron chi connectivity index (χ0n) is 12.6. The van der Waals surface area contributed by atoms with Gasteiger partial charge in [-0.05, 0) is 43.2 Å². The number of carbonyl (C=O) groups is 1. The number of carbonyl (C=O) groups excluding carboxylic acids is 1. The molecule has 0 aliphatic heterocycles. The van der Waals surface area contributed by atoms with Crippen LogP contribution < -0.4 is 5.32 Å². The van der Waals surface area contributed by atoms with Crippen LogP contribution in [0.2, 0.25) is 0 Å². The number of nitrogens with zero attached hydrogens (tertiary/aromatic N) is 1. The monoisotopic (exact) mass is 295 g/mol. The van der Waals surface area contributed by atoms with E-state index < -0.39 is 0 Å². The third-order valence-electron chi connectivity index (χ3n) is 5.04. The van der Waals surface area contributed by atoms with Crippen molar-refractivity contribution in [3.05, 3.63) is 53.1 Å². The molecule has 2 unspecified atom stereocenters. The van der Waals surface area contributed by atoms with Crippen LogP contribution in [0.25, 0.3) is 0 Å². The Bertz CT molecular complexity index is 691. The minimum absolute atomic E-state index is 0.0713. The van der Waals surface area contributed by atoms with Crippen molar-refractivity contribution in [2.24, 2.45) is 5.92 Å². The number of amides is 1. The van der Waals surface area contributed by atoms with Crippen molar-refractivity contribution >= 4 is 5.91 Å². The van der Waals surface area contributed by atoms with Gasteiger partial charge in [-0.3, -0.25) is 4.79 Å². The van der Waals surface area contributed by atoms with Crippen molar-refractivity contribution in [3.8, 4) is 0 Å². The van der Waals surface area contributed by atoms with E-state index in [1.165, 1.54) is 11.1 Å². The molecule has 4 heteroatoms. The molecular weight excluding hydrogens is 274 g/mol. The van der Waals surface area contributed by atoms with E-state index in [-0.39, 0.29) is 17.9 Å². The smallest absolute Gasteiger partial charge is 0.223 e. The molecule has 114 valence electrons. The van der Waals surface area contributed by atoms with Crippen molar-refractivity contribution in [2.75, 3.05) is 0 Å². The topological polar surface area (TPSA) is 57.8 Å². The van der Waals surface area contributed by atoms with E-state index in [0.717, 1.165) is 49.9 Å². The molecule has 1 aromatic heterocycles. The van der Waals surface area contributed by atoms with Crippen LogP contribution in [0.15, 0.2) is 30.6 Å². The lowest BCUT2D eigenvalue weighted by atomic mass is 9.85. The number of imidazole rings is 1. The molecule has 4 rings (SSSR count). The molecule has 0 fully saturated rings. The van der Waals surface area contributed by atoms with Gasteiger partial charge < -0.3 is 10.3 Å². The zero-order chi connectivity index (χ0) is 14.9. The second kappa shape index (κ2) is 5.59. The SMILES string of the molecule is O=C(NC1CCCc2ccccc21)C1CCc2nc[nH]c2C1. The third-order valence-corrected chi connectivity index (χ3v) is 5.04. The van der Waals surface area contributed by atoms with Gasteiger partial charge in [0, 0.05) is 18.0 Å². The number of aromatic amines is 1. The highest BCUT2D eigenvalue weighted by molar-refractivity contribution is 5.79. The molecule has 22 heavy (non-hydrogen) atoms. The minimum Gasteiger partial charge on any atom is -0.349 e. The van der Waals surface area contributed by atoms with Gasteiger partial charge in [0.05, 0.1) is 18.1 Å². The van der Waals surface area contributed by atoms with Crippen molar-refractivity contribution in [1.82, 2.24) is 15.3 Å². The average Bonchev–Trinajstić information content (AvgIpc) is 3.02. The summed E-state index contributed by atoms with van der Waals surface area (Å²) in [6.07, 6.45) is 7.65. The Labute approximate surface area is 130 Å². The summed E-state index contributed by atoms with van der Waals surface area (Å²) < 4.78 is 0. The lowest BCUT2D eigenvalue weighted by molar-refractivity contribution is -0.126. The number of aromatic nitrogens is 2. The van der Waals surface area contributed by atoms with Crippen LogP contribution >= 0.6 is 0 Å². The Balaban J connectivity index is 1.47. The molecule has 2 N–H and O–H groups in total. The van der Waals surface area contributed by atoms with Gasteiger partial charge in [0.1, 0.15) is 0 Å². The predicted octanol–water partition coefficient (Wildman–Crippen LogP) is 2.71. The second-order valence-electron chi connectivity index (χ2n) is 6.42. The third kappa shape index (κ3) is 2.43. The molecule has 2 aliphatic carbocycles. The highest BCUT2D eigenvalue weighted by atomic mass is 16.1. The molecule has 1 amide bonds. The summed E-state index contributed by atoms with van der Waals surface area (Å²) in [6, 6.07) is 8.68. The molecular formula is C18H21N3O. The first kappa shape index (κ1) is 13.6. The molecule has 0 spiro atoms. The molecule has 0 bridgehead atoms. The standard InChI is InChI=1S/C18H21N3O/c22-18(13-8-9-16-17(10-13)20-11-19-16)21-15-7-3-5-12-4-1-2-6-14(12)15/h1-2,4,6,11,13,15H,3,5,7-10H2,(H,19,20)(H,21,22). The average molecular weight is 295 g/mol. The van der Waals surface area contributed by atoms with Gasteiger partial charge in [0.15, 0.2) is 0 Å². The predicted molar refractivity (Wildman–Crippen MR) is 84.4 cm³/mol. The number of aryl methyl sites for hydroxylation is 2. The maximum Gasteiger partial charge on any atom is 0.223 e. The first-order chi connectivity index (χ1) is 10.8. The summed E-state index contributed by atoms with van der Waals surface area (Å²) in [5.74, 6) is 0.268. The Hall–Kier alpha value is -2.10. The van der Waals surface area contributed by atoms with E-state index in [4.69, 9.17) is 0 Å². The molecule has 2 aromatic rings. The van der Waals surface area contributed by atoms with E-state index in [0.29, 0.717) is 0 Å². The van der Waals surface area contributed by atoms with Gasteiger partial charge in [-0.2, -0.15) is 0 Å². The van der Waals surface area contributed by atoms with Gasteiger partial charge in [0.2, 0.25) is 5.91 Å². The summed E-state index contributed by atoms with van der Waals surface area (Å²) in [4.78, 5) is 20.1. The van der Waals surface area contributed by atoms with Crippen LogP contribution in [0.1, 0.15) is 47.8 Å². The fraction of sp³-hybridized carbons (Fsp3) is 0.444. The molecule has 4 nitrogen and oxygen atoms in total. The van der Waals surface area contributed by atoms with E-state index in [1.54, 1.807) is 6.33 Å². The summed E-state index contributed by atoms with van der Waals surface area (Å²) >= 11 is 0. The maximum absolute atomic E-state index is 12.7. The number of hydrogen-bond donors (Lipinski definition) is 2. The van der Waals surface area contributed by atoms with E-state index in [1.807, 2.05) is 0 Å². The van der Waals surface area contributed by atoms with Gasteiger partial charge in [-0.1, -0.05) is 24.3 Å². The van der Waals surface area contributed by atoms with E-state index in [2.05, 4.69) is 39.6 Å².